The topological polar surface area (TPSA) is 38.0 Å². The number of hydrogen-bond acceptors (Lipinski definition) is 3. The number of thioether (sulfide) groups is 1. The quantitative estimate of drug-likeness (QED) is 0.817. The van der Waals surface area contributed by atoms with E-state index in [2.05, 4.69) is 17.2 Å². The molecule has 0 bridgehead atoms. The molecule has 0 radical (unpaired) electrons. The lowest BCUT2D eigenvalue weighted by Crippen LogP contribution is -2.15. The van der Waals surface area contributed by atoms with Gasteiger partial charge in [0.2, 0.25) is 0 Å². The predicted octanol–water partition coefficient (Wildman–Crippen LogP) is 2.68. The number of alkyl halides is 1. The van der Waals surface area contributed by atoms with Crippen LogP contribution in [0.1, 0.15) is 11.6 Å². The second-order valence-corrected chi connectivity index (χ2v) is 4.97. The summed E-state index contributed by atoms with van der Waals surface area (Å²) in [6, 6.07) is 9.55. The average Bonchev–Trinajstić information content (AvgIpc) is 2.88. The van der Waals surface area contributed by atoms with Crippen LogP contribution in [0.15, 0.2) is 47.6 Å². The molecule has 0 aliphatic heterocycles. The molecule has 3 nitrogen and oxygen atoms in total. The Morgan fingerprint density at radius 1 is 1.33 bits per heavy atom. The Morgan fingerprint density at radius 2 is 2.11 bits per heavy atom. The Bertz CT molecular complexity index is 471. The Hall–Kier alpha value is -1.33. The Labute approximate surface area is 110 Å². The lowest BCUT2D eigenvalue weighted by molar-refractivity contribution is 0.190. The normalized spacial score (nSPS) is 12.6. The third kappa shape index (κ3) is 3.34. The highest BCUT2D eigenvalue weighted by atomic mass is 32.2. The maximum atomic E-state index is 12.6. The number of aromatic nitrogens is 2. The molecule has 0 fully saturated rings. The van der Waals surface area contributed by atoms with Crippen molar-refractivity contribution in [2.45, 2.75) is 16.7 Å². The fourth-order valence-electron chi connectivity index (χ4n) is 1.54. The van der Waals surface area contributed by atoms with Crippen molar-refractivity contribution in [1.82, 2.24) is 9.78 Å². The molecule has 96 valence electrons. The zero-order valence-electron chi connectivity index (χ0n) is 9.87. The molecule has 0 amide bonds. The monoisotopic (exact) mass is 266 g/mol. The van der Waals surface area contributed by atoms with Crippen LogP contribution in [-0.4, -0.2) is 28.2 Å². The lowest BCUT2D eigenvalue weighted by Gasteiger charge is -2.09. The van der Waals surface area contributed by atoms with Gasteiger partial charge in [0.25, 0.3) is 0 Å². The molecule has 1 aromatic heterocycles. The van der Waals surface area contributed by atoms with Crippen molar-refractivity contribution in [1.29, 1.82) is 0 Å². The minimum absolute atomic E-state index is 0.235. The van der Waals surface area contributed by atoms with Gasteiger partial charge in [-0.1, -0.05) is 30.3 Å². The van der Waals surface area contributed by atoms with Gasteiger partial charge in [-0.2, -0.15) is 5.10 Å². The van der Waals surface area contributed by atoms with E-state index in [1.54, 1.807) is 24.2 Å². The van der Waals surface area contributed by atoms with E-state index < -0.39 is 12.7 Å². The second kappa shape index (κ2) is 6.56. The van der Waals surface area contributed by atoms with E-state index in [9.17, 15) is 4.39 Å². The summed E-state index contributed by atoms with van der Waals surface area (Å²) in [6.07, 6.45) is 3.47. The first-order valence-corrected chi connectivity index (χ1v) is 6.69. The van der Waals surface area contributed by atoms with Crippen LogP contribution in [0.5, 0.6) is 0 Å². The fraction of sp³-hybridized carbons (Fsp3) is 0.308. The predicted molar refractivity (Wildman–Crippen MR) is 70.3 cm³/mol. The number of nitrogens with zero attached hydrogens (tertiary/aromatic N) is 2. The van der Waals surface area contributed by atoms with Crippen LogP contribution in [-0.2, 0) is 5.75 Å². The number of aliphatic hydroxyl groups excluding tert-OH is 1. The van der Waals surface area contributed by atoms with E-state index in [-0.39, 0.29) is 6.61 Å². The summed E-state index contributed by atoms with van der Waals surface area (Å²) in [5, 5.41) is 13.1. The minimum atomic E-state index is -0.610. The molecule has 0 aliphatic rings. The molecule has 0 unspecified atom stereocenters. The molecule has 1 heterocycles. The number of aliphatic hydroxyl groups is 1. The van der Waals surface area contributed by atoms with Gasteiger partial charge in [-0.25, -0.2) is 4.39 Å². The first-order valence-electron chi connectivity index (χ1n) is 5.71. The van der Waals surface area contributed by atoms with Gasteiger partial charge in [-0.3, -0.25) is 4.68 Å². The number of hydrogen-bond donors (Lipinski definition) is 1. The molecule has 0 aliphatic carbocycles. The van der Waals surface area contributed by atoms with Gasteiger partial charge in [0.1, 0.15) is 12.7 Å². The summed E-state index contributed by atoms with van der Waals surface area (Å²) in [5.41, 5.74) is 1.24. The molecular formula is C13H15FN2OS. The SMILES string of the molecule is OC[C@@H](CF)n1cc(SCc2ccccc2)cn1. The van der Waals surface area contributed by atoms with Crippen molar-refractivity contribution in [2.24, 2.45) is 0 Å². The van der Waals surface area contributed by atoms with Gasteiger partial charge in [-0.15, -0.1) is 11.8 Å². The molecule has 0 saturated heterocycles. The summed E-state index contributed by atoms with van der Waals surface area (Å²) < 4.78 is 14.1. The van der Waals surface area contributed by atoms with Crippen molar-refractivity contribution in [2.75, 3.05) is 13.3 Å². The largest absolute Gasteiger partial charge is 0.394 e. The van der Waals surface area contributed by atoms with Gasteiger partial charge < -0.3 is 5.11 Å². The maximum absolute atomic E-state index is 12.6. The fourth-order valence-corrected chi connectivity index (χ4v) is 2.37. The summed E-state index contributed by atoms with van der Waals surface area (Å²) >= 11 is 1.65. The summed E-state index contributed by atoms with van der Waals surface area (Å²) in [5.74, 6) is 0.853. The van der Waals surface area contributed by atoms with E-state index in [1.807, 2.05) is 18.2 Å². The van der Waals surface area contributed by atoms with Gasteiger partial charge in [0, 0.05) is 16.8 Å². The van der Waals surface area contributed by atoms with E-state index in [4.69, 9.17) is 5.11 Å². The third-order valence-corrected chi connectivity index (χ3v) is 3.61. The number of rotatable bonds is 6. The Balaban J connectivity index is 1.95. The highest BCUT2D eigenvalue weighted by Crippen LogP contribution is 2.23. The highest BCUT2D eigenvalue weighted by Gasteiger charge is 2.10. The van der Waals surface area contributed by atoms with Crippen molar-refractivity contribution in [3.8, 4) is 0 Å². The van der Waals surface area contributed by atoms with Gasteiger partial charge >= 0.3 is 0 Å². The van der Waals surface area contributed by atoms with E-state index in [0.717, 1.165) is 10.6 Å². The summed E-state index contributed by atoms with van der Waals surface area (Å²) in [4.78, 5) is 0.978. The van der Waals surface area contributed by atoms with Crippen molar-refractivity contribution >= 4 is 11.8 Å². The van der Waals surface area contributed by atoms with Crippen LogP contribution in [0.3, 0.4) is 0 Å². The zero-order chi connectivity index (χ0) is 12.8. The molecule has 2 aromatic rings. The molecule has 5 heteroatoms. The van der Waals surface area contributed by atoms with Gasteiger partial charge in [0.05, 0.1) is 12.8 Å². The molecule has 0 saturated carbocycles. The first-order chi connectivity index (χ1) is 8.83. The summed E-state index contributed by atoms with van der Waals surface area (Å²) in [6.45, 7) is -0.845. The van der Waals surface area contributed by atoms with Crippen LogP contribution in [0, 0.1) is 0 Å². The molecule has 1 atom stereocenters. The molecule has 18 heavy (non-hydrogen) atoms. The van der Waals surface area contributed by atoms with Crippen LogP contribution < -0.4 is 0 Å². The van der Waals surface area contributed by atoms with E-state index >= 15 is 0 Å². The van der Waals surface area contributed by atoms with Crippen molar-refractivity contribution in [3.05, 3.63) is 48.3 Å². The zero-order valence-corrected chi connectivity index (χ0v) is 10.7. The van der Waals surface area contributed by atoms with Crippen LogP contribution in [0.4, 0.5) is 4.39 Å². The molecular weight excluding hydrogens is 251 g/mol. The average molecular weight is 266 g/mol. The first kappa shape index (κ1) is 13.1. The standard InChI is InChI=1S/C13H15FN2OS/c14-6-12(9-17)16-8-13(7-15-16)18-10-11-4-2-1-3-5-11/h1-5,7-8,12,17H,6,9-10H2/t12-/m1/s1. The van der Waals surface area contributed by atoms with E-state index in [0.29, 0.717) is 0 Å². The number of halogens is 1. The molecule has 2 rings (SSSR count). The van der Waals surface area contributed by atoms with Crippen LogP contribution >= 0.6 is 11.8 Å². The molecule has 0 spiro atoms. The summed E-state index contributed by atoms with van der Waals surface area (Å²) in [7, 11) is 0. The van der Waals surface area contributed by atoms with Gasteiger partial charge in [-0.05, 0) is 5.56 Å². The minimum Gasteiger partial charge on any atom is -0.394 e. The van der Waals surface area contributed by atoms with Crippen LogP contribution in [0.2, 0.25) is 0 Å². The lowest BCUT2D eigenvalue weighted by atomic mass is 10.2. The second-order valence-electron chi connectivity index (χ2n) is 3.92. The molecule has 1 aromatic carbocycles. The third-order valence-electron chi connectivity index (χ3n) is 2.59. The Kier molecular flexibility index (Phi) is 4.78. The highest BCUT2D eigenvalue weighted by molar-refractivity contribution is 7.98. The van der Waals surface area contributed by atoms with Gasteiger partial charge in [0.15, 0.2) is 0 Å². The Morgan fingerprint density at radius 3 is 2.78 bits per heavy atom. The maximum Gasteiger partial charge on any atom is 0.114 e. The van der Waals surface area contributed by atoms with Crippen molar-refractivity contribution < 1.29 is 9.50 Å². The molecule has 1 N–H and O–H groups in total. The van der Waals surface area contributed by atoms with E-state index in [1.165, 1.54) is 10.2 Å². The van der Waals surface area contributed by atoms with Crippen LogP contribution in [0.25, 0.3) is 0 Å². The van der Waals surface area contributed by atoms with Crippen molar-refractivity contribution in [3.63, 3.8) is 0 Å². The smallest absolute Gasteiger partial charge is 0.114 e. The number of benzene rings is 1.